The second-order valence-electron chi connectivity index (χ2n) is 16.9. The van der Waals surface area contributed by atoms with Crippen LogP contribution in [0.2, 0.25) is 0 Å². The molecule has 4 heteroatoms. The van der Waals surface area contributed by atoms with E-state index in [1.165, 1.54) is 75.1 Å². The Bertz CT molecular complexity index is 3820. The molecule has 1 aliphatic rings. The van der Waals surface area contributed by atoms with Gasteiger partial charge in [0.15, 0.2) is 11.4 Å². The largest absolute Gasteiger partial charge is 0.452 e. The smallest absolute Gasteiger partial charge is 0.180 e. The molecule has 3 aromatic heterocycles. The van der Waals surface area contributed by atoms with E-state index < -0.39 is 0 Å². The fraction of sp³-hybridized carbons (Fsp3) is 0.0508. The van der Waals surface area contributed by atoms with Crippen LogP contribution >= 0.6 is 11.3 Å². The molecule has 1 unspecified atom stereocenters. The number of rotatable bonds is 5. The highest BCUT2D eigenvalue weighted by molar-refractivity contribution is 7.20. The summed E-state index contributed by atoms with van der Waals surface area (Å²) in [4.78, 5) is 12.0. The number of hydrogen-bond donors (Lipinski definition) is 0. The predicted molar refractivity (Wildman–Crippen MR) is 265 cm³/mol. The van der Waals surface area contributed by atoms with Crippen LogP contribution in [0.5, 0.6) is 0 Å². The van der Waals surface area contributed by atoms with Gasteiger partial charge in [0.2, 0.25) is 0 Å². The molecule has 0 amide bonds. The van der Waals surface area contributed by atoms with Crippen molar-refractivity contribution in [2.24, 2.45) is 5.92 Å². The Morgan fingerprint density at radius 2 is 1.02 bits per heavy atom. The van der Waals surface area contributed by atoms with E-state index in [2.05, 4.69) is 195 Å². The first kappa shape index (κ1) is 36.0. The number of allylic oxidation sites excluding steroid dienone is 1. The van der Waals surface area contributed by atoms with Crippen molar-refractivity contribution < 1.29 is 4.42 Å². The van der Waals surface area contributed by atoms with Gasteiger partial charge in [0.05, 0.1) is 0 Å². The fourth-order valence-corrected chi connectivity index (χ4v) is 11.3. The third-order valence-corrected chi connectivity index (χ3v) is 14.2. The van der Waals surface area contributed by atoms with Crippen LogP contribution in [0.1, 0.15) is 22.9 Å². The van der Waals surface area contributed by atoms with Crippen LogP contribution in [0.4, 0.5) is 0 Å². The Kier molecular flexibility index (Phi) is 8.12. The number of fused-ring (bicyclic) bond motifs is 12. The maximum absolute atomic E-state index is 6.69. The van der Waals surface area contributed by atoms with Crippen molar-refractivity contribution in [2.75, 3.05) is 0 Å². The summed E-state index contributed by atoms with van der Waals surface area (Å²) >= 11 is 1.90. The molecule has 13 rings (SSSR count). The van der Waals surface area contributed by atoms with Gasteiger partial charge in [-0.2, -0.15) is 0 Å². The number of hydrogen-bond acceptors (Lipinski definition) is 4. The summed E-state index contributed by atoms with van der Waals surface area (Å²) in [5, 5.41) is 10.0. The molecular weight excluding hydrogens is 785 g/mol. The Labute approximate surface area is 368 Å². The van der Waals surface area contributed by atoms with Crippen molar-refractivity contribution >= 4 is 81.4 Å². The zero-order chi connectivity index (χ0) is 41.6. The molecule has 0 radical (unpaired) electrons. The van der Waals surface area contributed by atoms with Gasteiger partial charge in [0, 0.05) is 26.1 Å². The second-order valence-corrected chi connectivity index (χ2v) is 18.0. The molecule has 0 fully saturated rings. The highest BCUT2D eigenvalue weighted by atomic mass is 32.1. The summed E-state index contributed by atoms with van der Waals surface area (Å²) in [6, 6.07) is 67.7. The lowest BCUT2D eigenvalue weighted by molar-refractivity contribution is 0.667. The molecule has 63 heavy (non-hydrogen) atoms. The van der Waals surface area contributed by atoms with Crippen LogP contribution in [0.25, 0.3) is 115 Å². The van der Waals surface area contributed by atoms with Crippen molar-refractivity contribution in [2.45, 2.75) is 13.3 Å². The van der Waals surface area contributed by atoms with Gasteiger partial charge in [0.25, 0.3) is 0 Å². The molecule has 1 aliphatic carbocycles. The van der Waals surface area contributed by atoms with Gasteiger partial charge in [-0.25, -0.2) is 9.97 Å². The highest BCUT2D eigenvalue weighted by Gasteiger charge is 2.24. The average Bonchev–Trinajstić information content (AvgIpc) is 3.92. The van der Waals surface area contributed by atoms with E-state index in [4.69, 9.17) is 14.4 Å². The van der Waals surface area contributed by atoms with Crippen LogP contribution in [0, 0.1) is 5.92 Å². The molecule has 296 valence electrons. The molecule has 0 saturated heterocycles. The second kappa shape index (κ2) is 14.2. The summed E-state index contributed by atoms with van der Waals surface area (Å²) in [5.41, 5.74) is 13.6. The molecule has 0 spiro atoms. The van der Waals surface area contributed by atoms with Crippen molar-refractivity contribution in [1.82, 2.24) is 9.97 Å². The van der Waals surface area contributed by atoms with Crippen molar-refractivity contribution in [3.05, 3.63) is 210 Å². The highest BCUT2D eigenvalue weighted by Crippen LogP contribution is 2.45. The van der Waals surface area contributed by atoms with E-state index in [-0.39, 0.29) is 0 Å². The Balaban J connectivity index is 0.936. The van der Waals surface area contributed by atoms with Crippen LogP contribution < -0.4 is 0 Å². The summed E-state index contributed by atoms with van der Waals surface area (Å²) in [6.07, 6.45) is 3.50. The summed E-state index contributed by atoms with van der Waals surface area (Å²) in [5.74, 6) is 1.11. The third kappa shape index (κ3) is 5.86. The number of aromatic nitrogens is 2. The topological polar surface area (TPSA) is 38.9 Å². The molecule has 0 N–H and O–H groups in total. The van der Waals surface area contributed by atoms with E-state index in [0.717, 1.165) is 50.9 Å². The Morgan fingerprint density at radius 1 is 0.460 bits per heavy atom. The fourth-order valence-electron chi connectivity index (χ4n) is 10.0. The van der Waals surface area contributed by atoms with E-state index in [0.29, 0.717) is 17.3 Å². The quantitative estimate of drug-likeness (QED) is 0.162. The zero-order valence-electron chi connectivity index (χ0n) is 34.5. The van der Waals surface area contributed by atoms with Crippen molar-refractivity contribution in [3.8, 4) is 44.9 Å². The lowest BCUT2D eigenvalue weighted by atomic mass is 9.86. The van der Waals surface area contributed by atoms with Gasteiger partial charge in [0.1, 0.15) is 16.8 Å². The monoisotopic (exact) mass is 822 g/mol. The van der Waals surface area contributed by atoms with Gasteiger partial charge < -0.3 is 4.42 Å². The van der Waals surface area contributed by atoms with Crippen LogP contribution in [-0.2, 0) is 6.42 Å². The van der Waals surface area contributed by atoms with E-state index in [1.807, 2.05) is 17.4 Å². The molecule has 9 aromatic carbocycles. The first-order valence-electron chi connectivity index (χ1n) is 21.7. The first-order chi connectivity index (χ1) is 31.1. The number of furan rings is 1. The third-order valence-electron chi connectivity index (χ3n) is 13.0. The van der Waals surface area contributed by atoms with E-state index >= 15 is 0 Å². The van der Waals surface area contributed by atoms with E-state index in [1.54, 1.807) is 0 Å². The standard InChI is InChI=1S/C59H38N2OS/c1-35-29-49(58-51(30-35)48-23-9-10-24-54(48)63-58)41-17-12-18-42(32-41)59-60-55(36-13-3-2-4-14-36)57-56(61-59)52-34-40(26-28-53(52)62-57)38-16-11-15-37(31-38)39-25-27-47-45-21-6-5-19-43(45)44-20-7-8-22-46(44)50(47)33-39/h2-29,31-35H,30H2,1H3. The summed E-state index contributed by atoms with van der Waals surface area (Å²) in [6.45, 7) is 2.32. The van der Waals surface area contributed by atoms with Gasteiger partial charge in [-0.15, -0.1) is 11.3 Å². The Hall–Kier alpha value is -7.66. The van der Waals surface area contributed by atoms with Crippen LogP contribution in [0.15, 0.2) is 199 Å². The minimum absolute atomic E-state index is 0.437. The number of benzene rings is 9. The van der Waals surface area contributed by atoms with Gasteiger partial charge >= 0.3 is 0 Å². The SMILES string of the molecule is CC1C=C(c2cccc(-c3nc(-c4ccccc4)c4oc5ccc(-c6cccc(-c7ccc8c9ccccc9c9ccccc9c8c7)c6)cc5c4n3)c2)c2sc3ccccc3c2C1. The summed E-state index contributed by atoms with van der Waals surface area (Å²) < 4.78 is 8.03. The van der Waals surface area contributed by atoms with Crippen LogP contribution in [0.3, 0.4) is 0 Å². The molecule has 0 bridgehead atoms. The zero-order valence-corrected chi connectivity index (χ0v) is 35.3. The van der Waals surface area contributed by atoms with Gasteiger partial charge in [-0.1, -0.05) is 165 Å². The molecule has 1 atom stereocenters. The predicted octanol–water partition coefficient (Wildman–Crippen LogP) is 16.3. The van der Waals surface area contributed by atoms with Crippen molar-refractivity contribution in [3.63, 3.8) is 0 Å². The molecule has 3 nitrogen and oxygen atoms in total. The lowest BCUT2D eigenvalue weighted by Gasteiger charge is -2.20. The number of nitrogens with zero attached hydrogens (tertiary/aromatic N) is 2. The molecule has 12 aromatic rings. The minimum atomic E-state index is 0.437. The maximum Gasteiger partial charge on any atom is 0.180 e. The minimum Gasteiger partial charge on any atom is -0.452 e. The van der Waals surface area contributed by atoms with Crippen molar-refractivity contribution in [1.29, 1.82) is 0 Å². The maximum atomic E-state index is 6.69. The summed E-state index contributed by atoms with van der Waals surface area (Å²) in [7, 11) is 0. The lowest BCUT2D eigenvalue weighted by Crippen LogP contribution is -2.06. The normalized spacial score (nSPS) is 14.0. The van der Waals surface area contributed by atoms with Crippen LogP contribution in [-0.4, -0.2) is 9.97 Å². The molecule has 3 heterocycles. The first-order valence-corrected chi connectivity index (χ1v) is 22.5. The molecule has 0 aliphatic heterocycles. The Morgan fingerprint density at radius 3 is 1.76 bits per heavy atom. The molecule has 0 saturated carbocycles. The molecular formula is C59H38N2OS. The average molecular weight is 823 g/mol. The van der Waals surface area contributed by atoms with E-state index in [9.17, 15) is 0 Å². The number of thiophene rings is 1. The van der Waals surface area contributed by atoms with Gasteiger partial charge in [-0.3, -0.25) is 0 Å². The van der Waals surface area contributed by atoms with Gasteiger partial charge in [-0.05, 0) is 125 Å².